The summed E-state index contributed by atoms with van der Waals surface area (Å²) in [6, 6.07) is 6.87. The average Bonchev–Trinajstić information content (AvgIpc) is 2.28. The first-order chi connectivity index (χ1) is 8.47. The van der Waals surface area contributed by atoms with Gasteiger partial charge in [-0.15, -0.1) is 0 Å². The minimum Gasteiger partial charge on any atom is -0.399 e. The third-order valence-electron chi connectivity index (χ3n) is 3.05. The molecule has 0 spiro atoms. The molecule has 3 N–H and O–H groups in total. The zero-order valence-corrected chi connectivity index (χ0v) is 10.9. The van der Waals surface area contributed by atoms with E-state index in [0.29, 0.717) is 30.6 Å². The largest absolute Gasteiger partial charge is 0.399 e. The van der Waals surface area contributed by atoms with Gasteiger partial charge in [-0.1, -0.05) is 12.1 Å². The monoisotopic (exact) mass is 270 g/mol. The molecule has 1 heterocycles. The molecule has 1 aliphatic rings. The first-order valence-electron chi connectivity index (χ1n) is 5.98. The van der Waals surface area contributed by atoms with Crippen LogP contribution >= 0.6 is 0 Å². The zero-order chi connectivity index (χ0) is 13.2. The topological polar surface area (TPSA) is 83.6 Å². The highest BCUT2D eigenvalue weighted by molar-refractivity contribution is 7.88. The van der Waals surface area contributed by atoms with Crippen LogP contribution in [-0.4, -0.2) is 37.0 Å². The molecule has 1 aliphatic heterocycles. The van der Waals surface area contributed by atoms with E-state index in [2.05, 4.69) is 0 Å². The van der Waals surface area contributed by atoms with E-state index in [0.717, 1.165) is 0 Å². The number of sulfonamides is 1. The Morgan fingerprint density at radius 1 is 1.44 bits per heavy atom. The first-order valence-corrected chi connectivity index (χ1v) is 7.58. The van der Waals surface area contributed by atoms with Gasteiger partial charge in [0.1, 0.15) is 0 Å². The van der Waals surface area contributed by atoms with Gasteiger partial charge in [0, 0.05) is 18.8 Å². The van der Waals surface area contributed by atoms with Crippen LogP contribution in [0.1, 0.15) is 18.4 Å². The fourth-order valence-electron chi connectivity index (χ4n) is 2.16. The third kappa shape index (κ3) is 3.22. The number of aliphatic hydroxyl groups excluding tert-OH is 1. The second-order valence-electron chi connectivity index (χ2n) is 4.66. The van der Waals surface area contributed by atoms with Gasteiger partial charge in [-0.25, -0.2) is 8.42 Å². The molecule has 1 saturated heterocycles. The molecule has 0 aromatic heterocycles. The molecular formula is C12H18N2O3S. The summed E-state index contributed by atoms with van der Waals surface area (Å²) in [6.07, 6.45) is 0.830. The lowest BCUT2D eigenvalue weighted by Gasteiger charge is -2.29. The van der Waals surface area contributed by atoms with Crippen LogP contribution in [0.4, 0.5) is 5.69 Å². The van der Waals surface area contributed by atoms with E-state index in [1.54, 1.807) is 24.3 Å². The van der Waals surface area contributed by atoms with Crippen molar-refractivity contribution in [2.45, 2.75) is 24.7 Å². The number of nitrogen functional groups attached to an aromatic ring is 1. The maximum atomic E-state index is 12.2. The summed E-state index contributed by atoms with van der Waals surface area (Å²) in [7, 11) is -3.37. The van der Waals surface area contributed by atoms with Crippen LogP contribution in [0, 0.1) is 0 Å². The van der Waals surface area contributed by atoms with Gasteiger partial charge in [-0.3, -0.25) is 0 Å². The highest BCUT2D eigenvalue weighted by atomic mass is 32.2. The number of piperidine rings is 1. The fraction of sp³-hybridized carbons (Fsp3) is 0.500. The molecule has 0 aliphatic carbocycles. The molecule has 100 valence electrons. The fourth-order valence-corrected chi connectivity index (χ4v) is 3.75. The van der Waals surface area contributed by atoms with Gasteiger partial charge in [0.2, 0.25) is 10.0 Å². The number of β-amino-alcohol motifs (C(OH)–C–C–N with tert-alkyl or cyclic N) is 1. The molecule has 18 heavy (non-hydrogen) atoms. The molecule has 0 amide bonds. The molecule has 1 atom stereocenters. The van der Waals surface area contributed by atoms with Crippen molar-refractivity contribution in [2.24, 2.45) is 0 Å². The Morgan fingerprint density at radius 2 is 2.22 bits per heavy atom. The Kier molecular flexibility index (Phi) is 3.89. The van der Waals surface area contributed by atoms with Crippen molar-refractivity contribution in [1.29, 1.82) is 0 Å². The third-order valence-corrected chi connectivity index (χ3v) is 4.87. The minimum absolute atomic E-state index is 0.0647. The highest BCUT2D eigenvalue weighted by Crippen LogP contribution is 2.18. The molecule has 2 rings (SSSR count). The molecule has 1 fully saturated rings. The van der Waals surface area contributed by atoms with E-state index in [1.807, 2.05) is 0 Å². The van der Waals surface area contributed by atoms with Crippen molar-refractivity contribution in [3.63, 3.8) is 0 Å². The van der Waals surface area contributed by atoms with Crippen LogP contribution in [0.5, 0.6) is 0 Å². The predicted molar refractivity (Wildman–Crippen MR) is 70.3 cm³/mol. The maximum Gasteiger partial charge on any atom is 0.218 e. The van der Waals surface area contributed by atoms with Crippen LogP contribution in [0.2, 0.25) is 0 Å². The van der Waals surface area contributed by atoms with E-state index in [9.17, 15) is 13.5 Å². The summed E-state index contributed by atoms with van der Waals surface area (Å²) < 4.78 is 25.7. The quantitative estimate of drug-likeness (QED) is 0.786. The standard InChI is InChI=1S/C12H18N2O3S/c13-11-4-1-3-10(7-11)9-18(16,17)14-6-2-5-12(15)8-14/h1,3-4,7,12,15H,2,5-6,8-9,13H2/t12-/m0/s1. The number of nitrogens with two attached hydrogens (primary N) is 1. The Labute approximate surface area is 107 Å². The molecule has 6 heteroatoms. The zero-order valence-electron chi connectivity index (χ0n) is 10.1. The summed E-state index contributed by atoms with van der Waals surface area (Å²) in [5, 5.41) is 9.53. The van der Waals surface area contributed by atoms with Crippen LogP contribution in [0.15, 0.2) is 24.3 Å². The number of nitrogens with zero attached hydrogens (tertiary/aromatic N) is 1. The lowest BCUT2D eigenvalue weighted by molar-refractivity contribution is 0.108. The Hall–Kier alpha value is -1.11. The van der Waals surface area contributed by atoms with Gasteiger partial charge in [0.05, 0.1) is 11.9 Å². The first kappa shape index (κ1) is 13.3. The minimum atomic E-state index is -3.37. The van der Waals surface area contributed by atoms with Gasteiger partial charge in [-0.05, 0) is 30.5 Å². The van der Waals surface area contributed by atoms with Crippen molar-refractivity contribution < 1.29 is 13.5 Å². The lowest BCUT2D eigenvalue weighted by atomic mass is 10.1. The number of aliphatic hydroxyl groups is 1. The van der Waals surface area contributed by atoms with Crippen molar-refractivity contribution in [3.05, 3.63) is 29.8 Å². The summed E-state index contributed by atoms with van der Waals surface area (Å²) in [5.74, 6) is -0.0647. The van der Waals surface area contributed by atoms with Crippen molar-refractivity contribution in [3.8, 4) is 0 Å². The number of benzene rings is 1. The summed E-state index contributed by atoms with van der Waals surface area (Å²) in [4.78, 5) is 0. The molecule has 0 saturated carbocycles. The maximum absolute atomic E-state index is 12.2. The summed E-state index contributed by atoms with van der Waals surface area (Å²) >= 11 is 0. The number of rotatable bonds is 3. The molecule has 1 aromatic carbocycles. The van der Waals surface area contributed by atoms with Gasteiger partial charge >= 0.3 is 0 Å². The van der Waals surface area contributed by atoms with Gasteiger partial charge in [0.15, 0.2) is 0 Å². The number of anilines is 1. The SMILES string of the molecule is Nc1cccc(CS(=O)(=O)N2CCC[C@H](O)C2)c1. The Bertz CT molecular complexity index is 516. The highest BCUT2D eigenvalue weighted by Gasteiger charge is 2.27. The summed E-state index contributed by atoms with van der Waals surface area (Å²) in [5.41, 5.74) is 6.86. The second kappa shape index (κ2) is 5.26. The molecule has 0 unspecified atom stereocenters. The molecule has 1 aromatic rings. The molecule has 0 bridgehead atoms. The Morgan fingerprint density at radius 3 is 2.89 bits per heavy atom. The van der Waals surface area contributed by atoms with E-state index in [4.69, 9.17) is 5.73 Å². The number of hydrogen-bond donors (Lipinski definition) is 2. The van der Waals surface area contributed by atoms with Gasteiger partial charge < -0.3 is 10.8 Å². The van der Waals surface area contributed by atoms with E-state index >= 15 is 0 Å². The van der Waals surface area contributed by atoms with E-state index in [-0.39, 0.29) is 12.3 Å². The molecular weight excluding hydrogens is 252 g/mol. The average molecular weight is 270 g/mol. The molecule has 0 radical (unpaired) electrons. The van der Waals surface area contributed by atoms with Gasteiger partial charge in [-0.2, -0.15) is 4.31 Å². The van der Waals surface area contributed by atoms with Crippen LogP contribution in [0.25, 0.3) is 0 Å². The van der Waals surface area contributed by atoms with Crippen LogP contribution < -0.4 is 5.73 Å². The lowest BCUT2D eigenvalue weighted by Crippen LogP contribution is -2.42. The van der Waals surface area contributed by atoms with Gasteiger partial charge in [0.25, 0.3) is 0 Å². The van der Waals surface area contributed by atoms with Crippen molar-refractivity contribution in [2.75, 3.05) is 18.8 Å². The van der Waals surface area contributed by atoms with E-state index in [1.165, 1.54) is 4.31 Å². The normalized spacial score (nSPS) is 21.9. The van der Waals surface area contributed by atoms with Crippen LogP contribution in [-0.2, 0) is 15.8 Å². The summed E-state index contributed by atoms with van der Waals surface area (Å²) in [6.45, 7) is 0.687. The Balaban J connectivity index is 2.11. The van der Waals surface area contributed by atoms with Crippen LogP contribution in [0.3, 0.4) is 0 Å². The predicted octanol–water partition coefficient (Wildman–Crippen LogP) is 0.555. The van der Waals surface area contributed by atoms with Crippen molar-refractivity contribution in [1.82, 2.24) is 4.31 Å². The molecule has 5 nitrogen and oxygen atoms in total. The second-order valence-corrected chi connectivity index (χ2v) is 6.62. The number of hydrogen-bond acceptors (Lipinski definition) is 4. The smallest absolute Gasteiger partial charge is 0.218 e. The van der Waals surface area contributed by atoms with Crippen molar-refractivity contribution >= 4 is 15.7 Å². The van der Waals surface area contributed by atoms with E-state index < -0.39 is 16.1 Å².